The molecule has 0 atom stereocenters. The zero-order chi connectivity index (χ0) is 17.9. The first-order valence-electron chi connectivity index (χ1n) is 8.36. The predicted octanol–water partition coefficient (Wildman–Crippen LogP) is 2.39. The van der Waals surface area contributed by atoms with Crippen LogP contribution < -0.4 is 9.62 Å². The third-order valence-electron chi connectivity index (χ3n) is 4.38. The molecule has 1 amide bonds. The lowest BCUT2D eigenvalue weighted by Crippen LogP contribution is -2.34. The lowest BCUT2D eigenvalue weighted by Gasteiger charge is -2.19. The van der Waals surface area contributed by atoms with Crippen LogP contribution >= 0.6 is 0 Å². The minimum absolute atomic E-state index is 0.0349. The number of nitrogens with zero attached hydrogens (tertiary/aromatic N) is 1. The monoisotopic (exact) mass is 358 g/mol. The zero-order valence-electron chi connectivity index (χ0n) is 14.2. The van der Waals surface area contributed by atoms with Crippen molar-refractivity contribution < 1.29 is 13.2 Å². The van der Waals surface area contributed by atoms with Gasteiger partial charge in [0.1, 0.15) is 0 Å². The van der Waals surface area contributed by atoms with Crippen LogP contribution in [0.3, 0.4) is 0 Å². The summed E-state index contributed by atoms with van der Waals surface area (Å²) < 4.78 is 26.5. The van der Waals surface area contributed by atoms with Crippen molar-refractivity contribution >= 4 is 21.6 Å². The highest BCUT2D eigenvalue weighted by Gasteiger charge is 2.29. The van der Waals surface area contributed by atoms with Gasteiger partial charge in [-0.1, -0.05) is 48.0 Å². The molecule has 2 aromatic rings. The third kappa shape index (κ3) is 4.20. The van der Waals surface area contributed by atoms with Crippen molar-refractivity contribution in [2.45, 2.75) is 26.3 Å². The molecule has 25 heavy (non-hydrogen) atoms. The molecule has 0 fully saturated rings. The Labute approximate surface area is 148 Å². The van der Waals surface area contributed by atoms with Crippen LogP contribution in [0.2, 0.25) is 0 Å². The van der Waals surface area contributed by atoms with Crippen LogP contribution in [0.25, 0.3) is 0 Å². The lowest BCUT2D eigenvalue weighted by atomic mass is 10.1. The van der Waals surface area contributed by atoms with E-state index in [4.69, 9.17) is 0 Å². The average Bonchev–Trinajstić information content (AvgIpc) is 3.04. The largest absolute Gasteiger partial charge is 0.352 e. The molecule has 3 rings (SSSR count). The number of sulfonamides is 1. The van der Waals surface area contributed by atoms with Crippen molar-refractivity contribution in [2.24, 2.45) is 0 Å². The van der Waals surface area contributed by atoms with Crippen molar-refractivity contribution in [1.82, 2.24) is 5.32 Å². The molecule has 0 unspecified atom stereocenters. The van der Waals surface area contributed by atoms with Crippen molar-refractivity contribution in [2.75, 3.05) is 16.6 Å². The van der Waals surface area contributed by atoms with Crippen molar-refractivity contribution in [1.29, 1.82) is 0 Å². The summed E-state index contributed by atoms with van der Waals surface area (Å²) in [5.74, 6) is -0.433. The Morgan fingerprint density at radius 2 is 1.84 bits per heavy atom. The van der Waals surface area contributed by atoms with E-state index in [-0.39, 0.29) is 18.1 Å². The minimum Gasteiger partial charge on any atom is -0.352 e. The van der Waals surface area contributed by atoms with Crippen molar-refractivity contribution in [3.8, 4) is 0 Å². The van der Waals surface area contributed by atoms with E-state index in [9.17, 15) is 13.2 Å². The van der Waals surface area contributed by atoms with Gasteiger partial charge >= 0.3 is 0 Å². The van der Waals surface area contributed by atoms with E-state index < -0.39 is 10.0 Å². The number of anilines is 1. The molecule has 0 bridgehead atoms. The number of hydrogen-bond acceptors (Lipinski definition) is 3. The number of benzene rings is 2. The van der Waals surface area contributed by atoms with Gasteiger partial charge < -0.3 is 5.32 Å². The Kier molecular flexibility index (Phi) is 5.08. The van der Waals surface area contributed by atoms with Gasteiger partial charge in [-0.2, -0.15) is 0 Å². The van der Waals surface area contributed by atoms with Gasteiger partial charge in [-0.15, -0.1) is 0 Å². The summed E-state index contributed by atoms with van der Waals surface area (Å²) in [5.41, 5.74) is 3.93. The maximum atomic E-state index is 12.6. The van der Waals surface area contributed by atoms with Gasteiger partial charge in [-0.3, -0.25) is 9.10 Å². The number of hydrogen-bond donors (Lipinski definition) is 1. The van der Waals surface area contributed by atoms with Gasteiger partial charge in [0.05, 0.1) is 11.4 Å². The molecule has 0 saturated carbocycles. The SMILES string of the molecule is Cc1ccc(CNC(=O)CCS(=O)(=O)N2CCc3ccccc32)cc1. The third-order valence-corrected chi connectivity index (χ3v) is 6.15. The van der Waals surface area contributed by atoms with Crippen LogP contribution in [-0.4, -0.2) is 26.6 Å². The van der Waals surface area contributed by atoms with E-state index >= 15 is 0 Å². The normalized spacial score (nSPS) is 13.6. The standard InChI is InChI=1S/C19H22N2O3S/c1-15-6-8-16(9-7-15)14-20-19(22)11-13-25(23,24)21-12-10-17-4-2-3-5-18(17)21/h2-9H,10-14H2,1H3,(H,20,22). The minimum atomic E-state index is -3.48. The molecule has 1 heterocycles. The topological polar surface area (TPSA) is 66.5 Å². The number of rotatable bonds is 6. The van der Waals surface area contributed by atoms with E-state index in [2.05, 4.69) is 5.32 Å². The first-order valence-corrected chi connectivity index (χ1v) is 9.97. The summed E-state index contributed by atoms with van der Waals surface area (Å²) in [6.45, 7) is 2.86. The van der Waals surface area contributed by atoms with Crippen molar-refractivity contribution in [3.05, 3.63) is 65.2 Å². The van der Waals surface area contributed by atoms with Gasteiger partial charge in [0.2, 0.25) is 15.9 Å². The fourth-order valence-electron chi connectivity index (χ4n) is 2.92. The number of carbonyl (C=O) groups excluding carboxylic acids is 1. The molecule has 6 heteroatoms. The van der Waals surface area contributed by atoms with Gasteiger partial charge in [-0.05, 0) is 30.5 Å². The summed E-state index contributed by atoms with van der Waals surface area (Å²) in [7, 11) is -3.48. The quantitative estimate of drug-likeness (QED) is 0.862. The first-order chi connectivity index (χ1) is 12.0. The number of nitrogens with one attached hydrogen (secondary N) is 1. The molecule has 1 aliphatic heterocycles. The van der Waals surface area contributed by atoms with E-state index in [1.165, 1.54) is 4.31 Å². The van der Waals surface area contributed by atoms with Gasteiger partial charge in [0.15, 0.2) is 0 Å². The molecule has 2 aromatic carbocycles. The Morgan fingerprint density at radius 3 is 2.60 bits per heavy atom. The molecule has 0 saturated heterocycles. The molecule has 1 N–H and O–H groups in total. The van der Waals surface area contributed by atoms with Gasteiger partial charge in [-0.25, -0.2) is 8.42 Å². The van der Waals surface area contributed by atoms with Crippen LogP contribution in [0.4, 0.5) is 5.69 Å². The van der Waals surface area contributed by atoms with E-state index in [1.54, 1.807) is 0 Å². The summed E-state index contributed by atoms with van der Waals surface area (Å²) in [5, 5.41) is 2.78. The number of carbonyl (C=O) groups is 1. The van der Waals surface area contributed by atoms with Crippen molar-refractivity contribution in [3.63, 3.8) is 0 Å². The lowest BCUT2D eigenvalue weighted by molar-refractivity contribution is -0.120. The smallest absolute Gasteiger partial charge is 0.235 e. The second-order valence-electron chi connectivity index (χ2n) is 6.28. The molecule has 0 aliphatic carbocycles. The van der Waals surface area contributed by atoms with Crippen LogP contribution in [0, 0.1) is 6.92 Å². The van der Waals surface area contributed by atoms with Crippen LogP contribution in [0.1, 0.15) is 23.1 Å². The highest BCUT2D eigenvalue weighted by atomic mass is 32.2. The molecule has 0 radical (unpaired) electrons. The fourth-order valence-corrected chi connectivity index (χ4v) is 4.43. The number of fused-ring (bicyclic) bond motifs is 1. The first kappa shape index (κ1) is 17.5. The predicted molar refractivity (Wildman–Crippen MR) is 98.9 cm³/mol. The number of aryl methyl sites for hydroxylation is 1. The maximum Gasteiger partial charge on any atom is 0.235 e. The summed E-state index contributed by atoms with van der Waals surface area (Å²) in [6.07, 6.45) is 0.682. The average molecular weight is 358 g/mol. The number of para-hydroxylation sites is 1. The maximum absolute atomic E-state index is 12.6. The second kappa shape index (κ2) is 7.27. The molecule has 0 aromatic heterocycles. The van der Waals surface area contributed by atoms with Crippen LogP contribution in [0.15, 0.2) is 48.5 Å². The van der Waals surface area contributed by atoms with E-state index in [0.717, 1.165) is 28.8 Å². The molecular weight excluding hydrogens is 336 g/mol. The van der Waals surface area contributed by atoms with E-state index in [1.807, 2.05) is 55.5 Å². The van der Waals surface area contributed by atoms with Crippen LogP contribution in [0.5, 0.6) is 0 Å². The van der Waals surface area contributed by atoms with E-state index in [0.29, 0.717) is 13.1 Å². The van der Waals surface area contributed by atoms with Gasteiger partial charge in [0.25, 0.3) is 0 Å². The molecule has 0 spiro atoms. The fraction of sp³-hybridized carbons (Fsp3) is 0.316. The Balaban J connectivity index is 1.54. The summed E-state index contributed by atoms with van der Waals surface area (Å²) in [6, 6.07) is 15.4. The molecule has 1 aliphatic rings. The van der Waals surface area contributed by atoms with Gasteiger partial charge in [0, 0.05) is 19.5 Å². The second-order valence-corrected chi connectivity index (χ2v) is 8.29. The number of amides is 1. The zero-order valence-corrected chi connectivity index (χ0v) is 15.1. The highest BCUT2D eigenvalue weighted by molar-refractivity contribution is 7.92. The molecule has 5 nitrogen and oxygen atoms in total. The molecule has 132 valence electrons. The summed E-state index contributed by atoms with van der Waals surface area (Å²) >= 11 is 0. The molecular formula is C19H22N2O3S. The Bertz CT molecular complexity index is 860. The summed E-state index contributed by atoms with van der Waals surface area (Å²) in [4.78, 5) is 12.0. The highest BCUT2D eigenvalue weighted by Crippen LogP contribution is 2.30. The Hall–Kier alpha value is -2.34. The van der Waals surface area contributed by atoms with Crippen LogP contribution in [-0.2, 0) is 27.8 Å². The Morgan fingerprint density at radius 1 is 1.12 bits per heavy atom.